The molecule has 2 heterocycles. The number of hydrogen-bond acceptors (Lipinski definition) is 5. The number of aromatic nitrogens is 4. The Kier molecular flexibility index (Phi) is 3.53. The van der Waals surface area contributed by atoms with E-state index in [1.807, 2.05) is 10.7 Å². The summed E-state index contributed by atoms with van der Waals surface area (Å²) in [4.78, 5) is 8.54. The molecule has 3 aromatic rings. The van der Waals surface area contributed by atoms with E-state index in [9.17, 15) is 0 Å². The van der Waals surface area contributed by atoms with Crippen LogP contribution in [0, 0.1) is 13.8 Å². The van der Waals surface area contributed by atoms with Crippen LogP contribution in [-0.2, 0) is 0 Å². The molecule has 0 aliphatic rings. The topological polar surface area (TPSA) is 75.9 Å². The average Bonchev–Trinajstić information content (AvgIpc) is 2.89. The average molecular weight is 283 g/mol. The lowest BCUT2D eigenvalue weighted by atomic mass is 10.1. The molecule has 0 aliphatic carbocycles. The second kappa shape index (κ2) is 5.49. The first-order chi connectivity index (χ1) is 10.2. The van der Waals surface area contributed by atoms with E-state index in [-0.39, 0.29) is 6.61 Å². The molecule has 2 aromatic heterocycles. The van der Waals surface area contributed by atoms with Gasteiger partial charge >= 0.3 is 0 Å². The van der Waals surface area contributed by atoms with Gasteiger partial charge in [0, 0.05) is 6.54 Å². The zero-order chi connectivity index (χ0) is 14.8. The van der Waals surface area contributed by atoms with Crippen molar-refractivity contribution in [2.45, 2.75) is 13.8 Å². The quantitative estimate of drug-likeness (QED) is 0.764. The van der Waals surface area contributed by atoms with E-state index in [2.05, 4.69) is 46.4 Å². The zero-order valence-corrected chi connectivity index (χ0v) is 12.0. The SMILES string of the molecule is Cc1ccc(-n2ncc3c(NCCO)ncnc32)c(C)c1. The maximum Gasteiger partial charge on any atom is 0.168 e. The van der Waals surface area contributed by atoms with E-state index in [1.54, 1.807) is 6.20 Å². The Balaban J connectivity index is 2.12. The first-order valence-electron chi connectivity index (χ1n) is 6.82. The van der Waals surface area contributed by atoms with E-state index >= 15 is 0 Å². The molecule has 6 nitrogen and oxygen atoms in total. The van der Waals surface area contributed by atoms with Gasteiger partial charge in [-0.3, -0.25) is 0 Å². The smallest absolute Gasteiger partial charge is 0.168 e. The summed E-state index contributed by atoms with van der Waals surface area (Å²) in [6.45, 7) is 4.62. The molecule has 0 saturated heterocycles. The van der Waals surface area contributed by atoms with E-state index in [0.29, 0.717) is 12.4 Å². The standard InChI is InChI=1S/C15H17N5O/c1-10-3-4-13(11(2)7-10)20-15-12(8-19-20)14(16-5-6-21)17-9-18-15/h3-4,7-9,21H,5-6H2,1-2H3,(H,16,17,18). The molecule has 6 heteroatoms. The number of fused-ring (bicyclic) bond motifs is 1. The molecule has 0 unspecified atom stereocenters. The van der Waals surface area contributed by atoms with Crippen LogP contribution in [0.25, 0.3) is 16.7 Å². The third-order valence-corrected chi connectivity index (χ3v) is 3.35. The number of rotatable bonds is 4. The molecule has 0 spiro atoms. The van der Waals surface area contributed by atoms with Crippen molar-refractivity contribution in [1.29, 1.82) is 0 Å². The van der Waals surface area contributed by atoms with Crippen LogP contribution in [0.1, 0.15) is 11.1 Å². The van der Waals surface area contributed by atoms with Gasteiger partial charge < -0.3 is 10.4 Å². The van der Waals surface area contributed by atoms with Crippen LogP contribution in [0.15, 0.2) is 30.7 Å². The largest absolute Gasteiger partial charge is 0.395 e. The Morgan fingerprint density at radius 2 is 2.10 bits per heavy atom. The van der Waals surface area contributed by atoms with Gasteiger partial charge in [0.15, 0.2) is 5.65 Å². The molecule has 2 N–H and O–H groups in total. The molecule has 21 heavy (non-hydrogen) atoms. The van der Waals surface area contributed by atoms with Crippen molar-refractivity contribution in [1.82, 2.24) is 19.7 Å². The Morgan fingerprint density at radius 3 is 2.86 bits per heavy atom. The highest BCUT2D eigenvalue weighted by atomic mass is 16.3. The molecular formula is C15H17N5O. The molecular weight excluding hydrogens is 266 g/mol. The van der Waals surface area contributed by atoms with Crippen molar-refractivity contribution < 1.29 is 5.11 Å². The number of aryl methyl sites for hydroxylation is 2. The minimum Gasteiger partial charge on any atom is -0.395 e. The van der Waals surface area contributed by atoms with Crippen LogP contribution < -0.4 is 5.32 Å². The molecule has 0 atom stereocenters. The second-order valence-electron chi connectivity index (χ2n) is 4.96. The normalized spacial score (nSPS) is 11.0. The monoisotopic (exact) mass is 283 g/mol. The molecule has 0 aliphatic heterocycles. The fraction of sp³-hybridized carbons (Fsp3) is 0.267. The predicted octanol–water partition coefficient (Wildman–Crippen LogP) is 1.84. The third kappa shape index (κ3) is 2.45. The van der Waals surface area contributed by atoms with Gasteiger partial charge in [0.1, 0.15) is 12.1 Å². The molecule has 0 amide bonds. The lowest BCUT2D eigenvalue weighted by Gasteiger charge is -2.08. The number of aliphatic hydroxyl groups excluding tert-OH is 1. The second-order valence-corrected chi connectivity index (χ2v) is 4.96. The first-order valence-corrected chi connectivity index (χ1v) is 6.82. The van der Waals surface area contributed by atoms with Gasteiger partial charge in [-0.1, -0.05) is 17.7 Å². The summed E-state index contributed by atoms with van der Waals surface area (Å²) >= 11 is 0. The van der Waals surface area contributed by atoms with Gasteiger partial charge in [-0.05, 0) is 25.5 Å². The number of aliphatic hydroxyl groups is 1. The van der Waals surface area contributed by atoms with Crippen LogP contribution in [-0.4, -0.2) is 38.0 Å². The van der Waals surface area contributed by atoms with Crippen LogP contribution in [0.5, 0.6) is 0 Å². The Morgan fingerprint density at radius 1 is 1.24 bits per heavy atom. The molecule has 1 aromatic carbocycles. The molecule has 0 fully saturated rings. The lowest BCUT2D eigenvalue weighted by molar-refractivity contribution is 0.311. The summed E-state index contributed by atoms with van der Waals surface area (Å²) in [5.41, 5.74) is 4.11. The summed E-state index contributed by atoms with van der Waals surface area (Å²) in [7, 11) is 0. The van der Waals surface area contributed by atoms with Crippen LogP contribution in [0.3, 0.4) is 0 Å². The van der Waals surface area contributed by atoms with Crippen molar-refractivity contribution in [3.63, 3.8) is 0 Å². The first kappa shape index (κ1) is 13.5. The Bertz CT molecular complexity index is 781. The van der Waals surface area contributed by atoms with Gasteiger partial charge in [0.25, 0.3) is 0 Å². The van der Waals surface area contributed by atoms with Crippen LogP contribution in [0.2, 0.25) is 0 Å². The maximum atomic E-state index is 8.92. The van der Waals surface area contributed by atoms with Gasteiger partial charge in [0.2, 0.25) is 0 Å². The highest BCUT2D eigenvalue weighted by Crippen LogP contribution is 2.23. The number of benzene rings is 1. The number of nitrogens with zero attached hydrogens (tertiary/aromatic N) is 4. The Labute approximate surface area is 122 Å². The number of hydrogen-bond donors (Lipinski definition) is 2. The van der Waals surface area contributed by atoms with Gasteiger partial charge in [0.05, 0.1) is 23.9 Å². The lowest BCUT2D eigenvalue weighted by Crippen LogP contribution is -2.07. The molecule has 3 rings (SSSR count). The van der Waals surface area contributed by atoms with E-state index in [4.69, 9.17) is 5.11 Å². The minimum absolute atomic E-state index is 0.0523. The molecule has 108 valence electrons. The summed E-state index contributed by atoms with van der Waals surface area (Å²) in [6, 6.07) is 6.22. The van der Waals surface area contributed by atoms with Gasteiger partial charge in [-0.15, -0.1) is 0 Å². The van der Waals surface area contributed by atoms with Gasteiger partial charge in [-0.25, -0.2) is 14.6 Å². The van der Waals surface area contributed by atoms with Crippen molar-refractivity contribution in [2.75, 3.05) is 18.5 Å². The number of anilines is 1. The van der Waals surface area contributed by atoms with E-state index in [0.717, 1.165) is 22.3 Å². The summed E-state index contributed by atoms with van der Waals surface area (Å²) < 4.78 is 1.82. The molecule has 0 bridgehead atoms. The zero-order valence-electron chi connectivity index (χ0n) is 12.0. The fourth-order valence-corrected chi connectivity index (χ4v) is 2.38. The minimum atomic E-state index is 0.0523. The van der Waals surface area contributed by atoms with Crippen molar-refractivity contribution in [3.05, 3.63) is 41.9 Å². The third-order valence-electron chi connectivity index (χ3n) is 3.35. The Hall–Kier alpha value is -2.47. The predicted molar refractivity (Wildman–Crippen MR) is 81.7 cm³/mol. The summed E-state index contributed by atoms with van der Waals surface area (Å²) in [5.74, 6) is 0.685. The van der Waals surface area contributed by atoms with Crippen LogP contribution in [0.4, 0.5) is 5.82 Å². The van der Waals surface area contributed by atoms with E-state index in [1.165, 1.54) is 11.9 Å². The highest BCUT2D eigenvalue weighted by Gasteiger charge is 2.12. The summed E-state index contributed by atoms with van der Waals surface area (Å²) in [5, 5.41) is 17.3. The van der Waals surface area contributed by atoms with Gasteiger partial charge in [-0.2, -0.15) is 5.10 Å². The summed E-state index contributed by atoms with van der Waals surface area (Å²) in [6.07, 6.45) is 3.25. The van der Waals surface area contributed by atoms with Crippen molar-refractivity contribution in [3.8, 4) is 5.69 Å². The van der Waals surface area contributed by atoms with Crippen LogP contribution >= 0.6 is 0 Å². The fourth-order valence-electron chi connectivity index (χ4n) is 2.38. The maximum absolute atomic E-state index is 8.92. The molecule has 0 saturated carbocycles. The van der Waals surface area contributed by atoms with E-state index < -0.39 is 0 Å². The highest BCUT2D eigenvalue weighted by molar-refractivity contribution is 5.87. The molecule has 0 radical (unpaired) electrons. The van der Waals surface area contributed by atoms with Crippen molar-refractivity contribution >= 4 is 16.9 Å². The van der Waals surface area contributed by atoms with Crippen molar-refractivity contribution in [2.24, 2.45) is 0 Å². The number of nitrogens with one attached hydrogen (secondary N) is 1.